The number of anilines is 1. The Kier molecular flexibility index (Phi) is 12.0. The molecule has 0 aromatic heterocycles. The molecule has 0 radical (unpaired) electrons. The third-order valence-corrected chi connectivity index (χ3v) is 16.9. The summed E-state index contributed by atoms with van der Waals surface area (Å²) < 4.78 is 32.0. The van der Waals surface area contributed by atoms with Crippen molar-refractivity contribution < 1.29 is 57.7 Å². The zero-order chi connectivity index (χ0) is 43.8. The van der Waals surface area contributed by atoms with E-state index in [-0.39, 0.29) is 65.9 Å². The largest absolute Gasteiger partial charge is 0.468 e. The van der Waals surface area contributed by atoms with Crippen molar-refractivity contribution in [1.29, 1.82) is 0 Å². The average Bonchev–Trinajstić information content (AvgIpc) is 3.63. The third-order valence-electron chi connectivity index (χ3n) is 16.9. The Balaban J connectivity index is 0.971. The topological polar surface area (TPSA) is 176 Å². The van der Waals surface area contributed by atoms with Crippen LogP contribution in [0, 0.1) is 57.5 Å². The smallest absolute Gasteiger partial charge is 0.325 e. The van der Waals surface area contributed by atoms with E-state index in [0.717, 1.165) is 44.9 Å². The van der Waals surface area contributed by atoms with Crippen molar-refractivity contribution in [3.05, 3.63) is 34.4 Å². The van der Waals surface area contributed by atoms with Crippen molar-refractivity contribution in [1.82, 2.24) is 5.32 Å². The predicted octanol–water partition coefficient (Wildman–Crippen LogP) is 7.12. The monoisotopic (exact) mass is 869 g/mol. The van der Waals surface area contributed by atoms with Crippen LogP contribution >= 0.6 is 0 Å². The fraction of sp³-hybridized carbons (Fsp3) is 0.826. The number of nitro groups is 1. The van der Waals surface area contributed by atoms with Crippen molar-refractivity contribution in [2.75, 3.05) is 25.1 Å². The predicted molar refractivity (Wildman–Crippen MR) is 221 cm³/mol. The summed E-state index contributed by atoms with van der Waals surface area (Å²) in [7, 11) is 1.28. The van der Waals surface area contributed by atoms with Gasteiger partial charge in [0.15, 0.2) is 23.8 Å². The minimum atomic E-state index is -0.913. The zero-order valence-corrected chi connectivity index (χ0v) is 37.4. The molecule has 8 aliphatic heterocycles. The molecule has 8 heterocycles. The molecule has 16 nitrogen and oxygen atoms in total. The maximum atomic E-state index is 14.5. The molecule has 2 saturated carbocycles. The molecule has 1 aromatic carbocycles. The van der Waals surface area contributed by atoms with Gasteiger partial charge in [0.05, 0.1) is 24.2 Å². The van der Waals surface area contributed by atoms with E-state index in [4.69, 9.17) is 43.2 Å². The number of rotatable bonds is 13. The molecule has 344 valence electrons. The molecular weight excluding hydrogens is 803 g/mol. The Labute approximate surface area is 364 Å². The van der Waals surface area contributed by atoms with Gasteiger partial charge in [0.2, 0.25) is 17.5 Å². The number of methoxy groups -OCH3 is 1. The van der Waals surface area contributed by atoms with Gasteiger partial charge in [-0.15, -0.1) is 0 Å². The molecule has 2 spiro atoms. The maximum absolute atomic E-state index is 14.5. The van der Waals surface area contributed by atoms with Gasteiger partial charge in [-0.2, -0.15) is 0 Å². The molecule has 16 heteroatoms. The van der Waals surface area contributed by atoms with Crippen LogP contribution in [0.5, 0.6) is 0 Å². The number of hydrogen-bond acceptors (Lipinski definition) is 14. The average molecular weight is 870 g/mol. The second kappa shape index (κ2) is 16.8. The first-order valence-electron chi connectivity index (χ1n) is 23.4. The van der Waals surface area contributed by atoms with E-state index in [2.05, 4.69) is 33.0 Å². The fourth-order valence-electron chi connectivity index (χ4n) is 13.4. The highest BCUT2D eigenvalue weighted by atomic mass is 17.3. The standard InChI is InChI=1S/C46H67N3O13/c1-26-10-16-34-28(3)37(55-41-45(34)32(26)20-22-43(5,57-41)59-61-45)9-8-24-48(30-12-14-31(15-13-30)49(52)53)36(40(51)47-25-39(50)54-7)18-19-38-29(4)35-17-11-27(2)33-21-23-44(6)58-42(56-38)46(33,35)62-60-44/h12-15,26-29,32-38,41-42H,8-11,16-25H2,1-7H3,(H,47,51)/t26-,27-,28-,29-,32+,33+,34?,35?,36?,37-,38-,41-,42-,43+,44+,45-,46-/m1/s1. The fourth-order valence-corrected chi connectivity index (χ4v) is 13.4. The molecule has 8 saturated heterocycles. The highest BCUT2D eigenvalue weighted by molar-refractivity contribution is 5.88. The van der Waals surface area contributed by atoms with Crippen LogP contribution in [-0.4, -0.2) is 90.6 Å². The van der Waals surface area contributed by atoms with E-state index < -0.39 is 52.3 Å². The number of esters is 1. The highest BCUT2D eigenvalue weighted by Gasteiger charge is 2.70. The Morgan fingerprint density at radius 3 is 1.84 bits per heavy atom. The zero-order valence-electron chi connectivity index (χ0n) is 37.4. The molecule has 17 atom stereocenters. The quantitative estimate of drug-likeness (QED) is 0.0918. The summed E-state index contributed by atoms with van der Waals surface area (Å²) in [4.78, 5) is 65.0. The van der Waals surface area contributed by atoms with Crippen LogP contribution in [0.3, 0.4) is 0 Å². The Morgan fingerprint density at radius 1 is 0.790 bits per heavy atom. The van der Waals surface area contributed by atoms with Crippen molar-refractivity contribution in [3.8, 4) is 0 Å². The van der Waals surface area contributed by atoms with Crippen LogP contribution in [0.15, 0.2) is 24.3 Å². The van der Waals surface area contributed by atoms with Crippen molar-refractivity contribution >= 4 is 23.3 Å². The van der Waals surface area contributed by atoms with Crippen LogP contribution in [0.25, 0.3) is 0 Å². The SMILES string of the molecule is COC(=O)CNC(=O)C(CC[C@H]1O[C@@H]2O[C@]3(C)CC[C@H]4[C@H](C)CCC([C@H]1C)[C@@]24OO3)N(CCC[C@H]1O[C@@H]2O[C@]3(C)CC[C@H]4[C@H](C)CCC([C@H]1C)[C@@]24OO3)c1ccc([N+](=O)[O-])cc1. The van der Waals surface area contributed by atoms with Gasteiger partial charge >= 0.3 is 5.97 Å². The Morgan fingerprint density at radius 2 is 1.32 bits per heavy atom. The van der Waals surface area contributed by atoms with Gasteiger partial charge in [0, 0.05) is 49.0 Å². The second-order valence-corrected chi connectivity index (χ2v) is 20.4. The lowest BCUT2D eigenvalue weighted by Crippen LogP contribution is -2.70. The first-order chi connectivity index (χ1) is 29.6. The van der Waals surface area contributed by atoms with E-state index in [1.54, 1.807) is 12.1 Å². The van der Waals surface area contributed by atoms with Crippen LogP contribution < -0.4 is 10.2 Å². The summed E-state index contributed by atoms with van der Waals surface area (Å²) in [5.41, 5.74) is -0.767. The molecular formula is C46H67N3O13. The molecule has 1 N–H and O–H groups in total. The van der Waals surface area contributed by atoms with Gasteiger partial charge in [-0.3, -0.25) is 19.7 Å². The number of ether oxygens (including phenoxy) is 5. The number of nitro benzene ring substituents is 1. The van der Waals surface area contributed by atoms with E-state index in [1.807, 2.05) is 18.7 Å². The number of carbonyl (C=O) groups excluding carboxylic acids is 2. The lowest BCUT2D eigenvalue weighted by molar-refractivity contribution is -0.571. The number of benzene rings is 1. The number of nitrogens with one attached hydrogen (secondary N) is 1. The molecule has 4 bridgehead atoms. The number of hydrogen-bond donors (Lipinski definition) is 1. The van der Waals surface area contributed by atoms with E-state index in [0.29, 0.717) is 56.2 Å². The third kappa shape index (κ3) is 7.45. The molecule has 10 fully saturated rings. The van der Waals surface area contributed by atoms with Crippen LogP contribution in [-0.2, 0) is 52.8 Å². The molecule has 62 heavy (non-hydrogen) atoms. The number of fused-ring (bicyclic) bond motifs is 4. The van der Waals surface area contributed by atoms with Crippen molar-refractivity contribution in [2.45, 2.75) is 172 Å². The first kappa shape index (κ1) is 44.3. The first-order valence-corrected chi connectivity index (χ1v) is 23.4. The highest BCUT2D eigenvalue weighted by Crippen LogP contribution is 2.62. The van der Waals surface area contributed by atoms with Gasteiger partial charge in [-0.05, 0) is 126 Å². The van der Waals surface area contributed by atoms with Gasteiger partial charge < -0.3 is 33.9 Å². The summed E-state index contributed by atoms with van der Waals surface area (Å²) in [5.74, 6) is -0.808. The van der Waals surface area contributed by atoms with Gasteiger partial charge in [0.1, 0.15) is 12.6 Å². The summed E-state index contributed by atoms with van der Waals surface area (Å²) in [6.45, 7) is 13.0. The van der Waals surface area contributed by atoms with Crippen molar-refractivity contribution in [3.63, 3.8) is 0 Å². The molecule has 1 amide bonds. The summed E-state index contributed by atoms with van der Waals surface area (Å²) in [6.07, 6.45) is 8.06. The second-order valence-electron chi connectivity index (χ2n) is 20.4. The van der Waals surface area contributed by atoms with Crippen LogP contribution in [0.4, 0.5) is 11.4 Å². The summed E-state index contributed by atoms with van der Waals surface area (Å²) in [5, 5.41) is 14.6. The van der Waals surface area contributed by atoms with E-state index >= 15 is 0 Å². The van der Waals surface area contributed by atoms with Crippen LogP contribution in [0.1, 0.15) is 119 Å². The van der Waals surface area contributed by atoms with Crippen LogP contribution in [0.2, 0.25) is 0 Å². The molecule has 3 unspecified atom stereocenters. The summed E-state index contributed by atoms with van der Waals surface area (Å²) in [6, 6.07) is 5.55. The summed E-state index contributed by atoms with van der Waals surface area (Å²) >= 11 is 0. The van der Waals surface area contributed by atoms with E-state index in [1.165, 1.54) is 19.2 Å². The molecule has 1 aromatic rings. The van der Waals surface area contributed by atoms with Crippen molar-refractivity contribution in [2.24, 2.45) is 47.3 Å². The molecule has 11 rings (SSSR count). The number of carbonyl (C=O) groups is 2. The van der Waals surface area contributed by atoms with E-state index in [9.17, 15) is 19.7 Å². The minimum Gasteiger partial charge on any atom is -0.468 e. The number of nitrogens with zero attached hydrogens (tertiary/aromatic N) is 2. The van der Waals surface area contributed by atoms with Gasteiger partial charge in [-0.25, -0.2) is 19.6 Å². The lowest BCUT2D eigenvalue weighted by Gasteiger charge is -2.60. The maximum Gasteiger partial charge on any atom is 0.325 e. The molecule has 10 aliphatic rings. The Bertz CT molecular complexity index is 1840. The molecule has 2 aliphatic carbocycles. The van der Waals surface area contributed by atoms with Gasteiger partial charge in [0.25, 0.3) is 5.69 Å². The minimum absolute atomic E-state index is 0.0486. The number of amides is 1. The Hall–Kier alpha value is -2.96. The normalized spacial score (nSPS) is 44.5. The number of non-ortho nitro benzene ring substituents is 1. The lowest BCUT2D eigenvalue weighted by atomic mass is 9.57. The van der Waals surface area contributed by atoms with Gasteiger partial charge in [-0.1, -0.05) is 27.7 Å².